The summed E-state index contributed by atoms with van der Waals surface area (Å²) in [6, 6.07) is 4.13. The van der Waals surface area contributed by atoms with Gasteiger partial charge in [-0.05, 0) is 17.7 Å². The fourth-order valence-corrected chi connectivity index (χ4v) is 1.32. The van der Waals surface area contributed by atoms with Crippen LogP contribution in [0.15, 0.2) is 18.2 Å². The minimum absolute atomic E-state index is 0.181. The van der Waals surface area contributed by atoms with Gasteiger partial charge in [-0.25, -0.2) is 4.79 Å². The normalized spacial score (nSPS) is 20.3. The molecule has 0 saturated carbocycles. The van der Waals surface area contributed by atoms with Crippen LogP contribution in [0.1, 0.15) is 11.6 Å². The number of aromatic hydroxyl groups is 2. The number of carbonyl (C=O) groups is 1. The maximum absolute atomic E-state index is 10.7. The van der Waals surface area contributed by atoms with Crippen LogP contribution < -0.4 is 5.32 Å². The first kappa shape index (κ1) is 8.68. The second kappa shape index (κ2) is 3.10. The molecule has 0 aromatic heterocycles. The number of hydrogen-bond acceptors (Lipinski definition) is 4. The third kappa shape index (κ3) is 1.44. The van der Waals surface area contributed by atoms with Crippen LogP contribution in [0.25, 0.3) is 0 Å². The minimum atomic E-state index is -0.470. The Kier molecular flexibility index (Phi) is 1.92. The van der Waals surface area contributed by atoms with Crippen LogP contribution in [-0.4, -0.2) is 22.9 Å². The van der Waals surface area contributed by atoms with Gasteiger partial charge in [-0.15, -0.1) is 0 Å². The highest BCUT2D eigenvalue weighted by atomic mass is 16.6. The van der Waals surface area contributed by atoms with E-state index in [0.29, 0.717) is 5.56 Å². The molecule has 2 rings (SSSR count). The number of phenolic OH excluding ortho intramolecular Hbond substituents is 2. The van der Waals surface area contributed by atoms with E-state index in [9.17, 15) is 9.90 Å². The van der Waals surface area contributed by atoms with Crippen LogP contribution in [0.5, 0.6) is 11.5 Å². The average molecular weight is 195 g/mol. The number of phenols is 2. The first-order valence-corrected chi connectivity index (χ1v) is 4.12. The van der Waals surface area contributed by atoms with Gasteiger partial charge in [0.05, 0.1) is 6.04 Å². The van der Waals surface area contributed by atoms with E-state index in [0.717, 1.165) is 0 Å². The summed E-state index contributed by atoms with van der Waals surface area (Å²) in [4.78, 5) is 10.7. The van der Waals surface area contributed by atoms with Crippen molar-refractivity contribution in [3.05, 3.63) is 23.8 Å². The molecule has 14 heavy (non-hydrogen) atoms. The summed E-state index contributed by atoms with van der Waals surface area (Å²) >= 11 is 0. The molecule has 0 aliphatic carbocycles. The Balaban J connectivity index is 2.24. The first-order chi connectivity index (χ1) is 6.66. The highest BCUT2D eigenvalue weighted by Crippen LogP contribution is 2.28. The van der Waals surface area contributed by atoms with Crippen molar-refractivity contribution >= 4 is 6.09 Å². The van der Waals surface area contributed by atoms with Gasteiger partial charge in [0.25, 0.3) is 0 Å². The number of alkyl carbamates (subject to hydrolysis) is 1. The molecule has 74 valence electrons. The van der Waals surface area contributed by atoms with Crippen molar-refractivity contribution in [1.29, 1.82) is 0 Å². The molecule has 1 aromatic carbocycles. The number of amides is 1. The van der Waals surface area contributed by atoms with Crippen molar-refractivity contribution in [2.24, 2.45) is 0 Å². The first-order valence-electron chi connectivity index (χ1n) is 4.12. The SMILES string of the molecule is O=C1NC(c2ccc(O)c(O)c2)CO1. The summed E-state index contributed by atoms with van der Waals surface area (Å²) in [5.74, 6) is -0.386. The van der Waals surface area contributed by atoms with Crippen LogP contribution in [0, 0.1) is 0 Å². The van der Waals surface area contributed by atoms with Gasteiger partial charge < -0.3 is 20.3 Å². The molecule has 0 radical (unpaired) electrons. The number of rotatable bonds is 1. The van der Waals surface area contributed by atoms with Gasteiger partial charge in [0.2, 0.25) is 0 Å². The lowest BCUT2D eigenvalue weighted by Gasteiger charge is -2.08. The Labute approximate surface area is 79.9 Å². The largest absolute Gasteiger partial charge is 0.504 e. The van der Waals surface area contributed by atoms with Gasteiger partial charge in [0.15, 0.2) is 11.5 Å². The van der Waals surface area contributed by atoms with Crippen molar-refractivity contribution in [3.63, 3.8) is 0 Å². The number of nitrogens with one attached hydrogen (secondary N) is 1. The molecule has 1 aliphatic heterocycles. The second-order valence-corrected chi connectivity index (χ2v) is 3.04. The lowest BCUT2D eigenvalue weighted by Crippen LogP contribution is -2.18. The van der Waals surface area contributed by atoms with E-state index in [4.69, 9.17) is 9.84 Å². The van der Waals surface area contributed by atoms with E-state index in [-0.39, 0.29) is 24.1 Å². The summed E-state index contributed by atoms with van der Waals surface area (Å²) in [5, 5.41) is 20.9. The van der Waals surface area contributed by atoms with E-state index in [2.05, 4.69) is 5.32 Å². The molecule has 1 aromatic rings. The topological polar surface area (TPSA) is 78.8 Å². The molecule has 1 aliphatic rings. The summed E-state index contributed by atoms with van der Waals surface area (Å²) in [7, 11) is 0. The van der Waals surface area contributed by atoms with Gasteiger partial charge in [-0.3, -0.25) is 0 Å². The number of hydrogen-bond donors (Lipinski definition) is 3. The Morgan fingerprint density at radius 3 is 2.71 bits per heavy atom. The van der Waals surface area contributed by atoms with Gasteiger partial charge in [0.1, 0.15) is 6.61 Å². The molecule has 5 nitrogen and oxygen atoms in total. The predicted molar refractivity (Wildman–Crippen MR) is 47.0 cm³/mol. The highest BCUT2D eigenvalue weighted by molar-refractivity contribution is 5.70. The van der Waals surface area contributed by atoms with E-state index < -0.39 is 6.09 Å². The number of ether oxygens (including phenoxy) is 1. The number of cyclic esters (lactones) is 1. The summed E-state index contributed by atoms with van der Waals surface area (Å²) in [5.41, 5.74) is 0.700. The molecule has 1 atom stereocenters. The fourth-order valence-electron chi connectivity index (χ4n) is 1.32. The Morgan fingerprint density at radius 1 is 1.36 bits per heavy atom. The standard InChI is InChI=1S/C9H9NO4/c11-7-2-1-5(3-8(7)12)6-4-14-9(13)10-6/h1-3,6,11-12H,4H2,(H,10,13). The molecule has 1 fully saturated rings. The minimum Gasteiger partial charge on any atom is -0.504 e. The average Bonchev–Trinajstić information content (AvgIpc) is 2.57. The molecule has 5 heteroatoms. The fraction of sp³-hybridized carbons (Fsp3) is 0.222. The van der Waals surface area contributed by atoms with Crippen LogP contribution in [0.2, 0.25) is 0 Å². The van der Waals surface area contributed by atoms with E-state index in [1.807, 2.05) is 0 Å². The summed E-state index contributed by atoms with van der Waals surface area (Å²) in [6.07, 6.45) is -0.470. The second-order valence-electron chi connectivity index (χ2n) is 3.04. The van der Waals surface area contributed by atoms with E-state index in [1.165, 1.54) is 12.1 Å². The zero-order valence-electron chi connectivity index (χ0n) is 7.23. The van der Waals surface area contributed by atoms with Crippen molar-refractivity contribution < 1.29 is 19.7 Å². The van der Waals surface area contributed by atoms with Crippen LogP contribution >= 0.6 is 0 Å². The van der Waals surface area contributed by atoms with Gasteiger partial charge >= 0.3 is 6.09 Å². The summed E-state index contributed by atoms with van der Waals surface area (Å²) in [6.45, 7) is 0.239. The molecule has 1 unspecified atom stereocenters. The van der Waals surface area contributed by atoms with Gasteiger partial charge in [0, 0.05) is 0 Å². The lowest BCUT2D eigenvalue weighted by molar-refractivity contribution is 0.177. The predicted octanol–water partition coefficient (Wildman–Crippen LogP) is 0.879. The Bertz CT molecular complexity index is 377. The van der Waals surface area contributed by atoms with Crippen molar-refractivity contribution in [2.75, 3.05) is 6.61 Å². The van der Waals surface area contributed by atoms with Crippen molar-refractivity contribution in [2.45, 2.75) is 6.04 Å². The zero-order chi connectivity index (χ0) is 10.1. The van der Waals surface area contributed by atoms with Crippen LogP contribution in [0.3, 0.4) is 0 Å². The highest BCUT2D eigenvalue weighted by Gasteiger charge is 2.24. The van der Waals surface area contributed by atoms with Gasteiger partial charge in [-0.2, -0.15) is 0 Å². The van der Waals surface area contributed by atoms with Crippen molar-refractivity contribution in [3.8, 4) is 11.5 Å². The molecule has 3 N–H and O–H groups in total. The molecular formula is C9H9NO4. The Morgan fingerprint density at radius 2 is 2.14 bits per heavy atom. The number of benzene rings is 1. The molecule has 0 bridgehead atoms. The monoisotopic (exact) mass is 195 g/mol. The molecule has 1 saturated heterocycles. The lowest BCUT2D eigenvalue weighted by atomic mass is 10.1. The van der Waals surface area contributed by atoms with Gasteiger partial charge in [-0.1, -0.05) is 6.07 Å². The van der Waals surface area contributed by atoms with E-state index in [1.54, 1.807) is 6.07 Å². The maximum atomic E-state index is 10.7. The third-order valence-electron chi connectivity index (χ3n) is 2.08. The smallest absolute Gasteiger partial charge is 0.407 e. The third-order valence-corrected chi connectivity index (χ3v) is 2.08. The summed E-state index contributed by atoms with van der Waals surface area (Å²) < 4.78 is 4.70. The quantitative estimate of drug-likeness (QED) is 0.581. The molecular weight excluding hydrogens is 186 g/mol. The van der Waals surface area contributed by atoms with Crippen LogP contribution in [0.4, 0.5) is 4.79 Å². The zero-order valence-corrected chi connectivity index (χ0v) is 7.23. The maximum Gasteiger partial charge on any atom is 0.407 e. The molecule has 1 amide bonds. The number of carbonyl (C=O) groups excluding carboxylic acids is 1. The van der Waals surface area contributed by atoms with E-state index >= 15 is 0 Å². The molecule has 0 spiro atoms. The van der Waals surface area contributed by atoms with Crippen LogP contribution in [-0.2, 0) is 4.74 Å². The van der Waals surface area contributed by atoms with Crippen molar-refractivity contribution in [1.82, 2.24) is 5.32 Å². The molecule has 1 heterocycles. The Hall–Kier alpha value is -1.91.